The first kappa shape index (κ1) is 19.8. The summed E-state index contributed by atoms with van der Waals surface area (Å²) in [6.07, 6.45) is 4.88. The molecule has 0 radical (unpaired) electrons. The first-order valence-electron chi connectivity index (χ1n) is 9.30. The van der Waals surface area contributed by atoms with Crippen molar-refractivity contribution in [2.24, 2.45) is 0 Å². The fourth-order valence-electron chi connectivity index (χ4n) is 3.12. The van der Waals surface area contributed by atoms with Gasteiger partial charge in [0.25, 0.3) is 5.91 Å². The highest BCUT2D eigenvalue weighted by Gasteiger charge is 2.14. The molecule has 0 atom stereocenters. The van der Waals surface area contributed by atoms with Crippen molar-refractivity contribution in [2.45, 2.75) is 25.7 Å². The van der Waals surface area contributed by atoms with E-state index in [1.807, 2.05) is 12.1 Å². The van der Waals surface area contributed by atoms with Crippen LogP contribution >= 0.6 is 0 Å². The molecule has 1 saturated heterocycles. The van der Waals surface area contributed by atoms with E-state index in [0.29, 0.717) is 5.69 Å². The van der Waals surface area contributed by atoms with Crippen molar-refractivity contribution in [3.05, 3.63) is 59.7 Å². The van der Waals surface area contributed by atoms with Crippen LogP contribution in [0, 0.1) is 11.6 Å². The van der Waals surface area contributed by atoms with Crippen LogP contribution in [0.1, 0.15) is 36.0 Å². The van der Waals surface area contributed by atoms with Crippen LogP contribution in [0.25, 0.3) is 0 Å². The molecular formula is C21H22F2N2O3. The summed E-state index contributed by atoms with van der Waals surface area (Å²) in [4.78, 5) is 26.1. The van der Waals surface area contributed by atoms with Crippen molar-refractivity contribution >= 4 is 23.3 Å². The molecule has 0 bridgehead atoms. The van der Waals surface area contributed by atoms with Crippen LogP contribution in [0.4, 0.5) is 20.2 Å². The van der Waals surface area contributed by atoms with Crippen LogP contribution in [0.3, 0.4) is 0 Å². The van der Waals surface area contributed by atoms with E-state index in [1.54, 1.807) is 12.1 Å². The number of esters is 1. The van der Waals surface area contributed by atoms with Crippen molar-refractivity contribution in [3.63, 3.8) is 0 Å². The fourth-order valence-corrected chi connectivity index (χ4v) is 3.12. The van der Waals surface area contributed by atoms with Crippen LogP contribution in [0.15, 0.2) is 42.5 Å². The van der Waals surface area contributed by atoms with E-state index in [-0.39, 0.29) is 5.56 Å². The van der Waals surface area contributed by atoms with E-state index >= 15 is 0 Å². The van der Waals surface area contributed by atoms with E-state index < -0.39 is 30.1 Å². The number of carbonyl (C=O) groups is 2. The molecule has 1 aliphatic rings. The molecule has 3 rings (SSSR count). The van der Waals surface area contributed by atoms with Gasteiger partial charge in [-0.2, -0.15) is 0 Å². The van der Waals surface area contributed by atoms with Gasteiger partial charge in [0.05, 0.1) is 5.56 Å². The lowest BCUT2D eigenvalue weighted by atomic mass is 10.2. The van der Waals surface area contributed by atoms with Crippen LogP contribution < -0.4 is 10.2 Å². The van der Waals surface area contributed by atoms with Gasteiger partial charge >= 0.3 is 5.97 Å². The average Bonchev–Trinajstić information content (AvgIpc) is 2.98. The normalized spacial score (nSPS) is 14.3. The van der Waals surface area contributed by atoms with Crippen molar-refractivity contribution in [2.75, 3.05) is 29.9 Å². The Morgan fingerprint density at radius 2 is 1.61 bits per heavy atom. The molecule has 1 N–H and O–H groups in total. The Kier molecular flexibility index (Phi) is 6.57. The Morgan fingerprint density at radius 3 is 2.25 bits per heavy atom. The predicted octanol–water partition coefficient (Wildman–Crippen LogP) is 4.14. The minimum Gasteiger partial charge on any atom is -0.452 e. The molecule has 2 aromatic rings. The van der Waals surface area contributed by atoms with E-state index in [1.165, 1.54) is 25.7 Å². The molecule has 7 heteroatoms. The Balaban J connectivity index is 1.50. The van der Waals surface area contributed by atoms with E-state index in [9.17, 15) is 18.4 Å². The van der Waals surface area contributed by atoms with Gasteiger partial charge < -0.3 is 15.0 Å². The number of ether oxygens (including phenoxy) is 1. The summed E-state index contributed by atoms with van der Waals surface area (Å²) in [5, 5.41) is 2.64. The maximum atomic E-state index is 13.1. The molecular weight excluding hydrogens is 366 g/mol. The molecule has 2 aromatic carbocycles. The molecule has 0 spiro atoms. The number of halogens is 2. The highest BCUT2D eigenvalue weighted by molar-refractivity contribution is 5.95. The lowest BCUT2D eigenvalue weighted by molar-refractivity contribution is -0.119. The first-order valence-corrected chi connectivity index (χ1v) is 9.30. The third-order valence-electron chi connectivity index (χ3n) is 4.61. The van der Waals surface area contributed by atoms with Gasteiger partial charge in [-0.15, -0.1) is 0 Å². The standard InChI is InChI=1S/C21H22F2N2O3/c22-18-10-5-15(13-19(18)23)21(27)28-14-20(26)24-16-6-8-17(9-7-16)25-11-3-1-2-4-12-25/h5-10,13H,1-4,11-12,14H2,(H,24,26). The zero-order valence-corrected chi connectivity index (χ0v) is 15.4. The van der Waals surface area contributed by atoms with Gasteiger partial charge in [-0.1, -0.05) is 12.8 Å². The number of nitrogens with one attached hydrogen (secondary N) is 1. The van der Waals surface area contributed by atoms with E-state index in [4.69, 9.17) is 4.74 Å². The highest BCUT2D eigenvalue weighted by atomic mass is 19.2. The van der Waals surface area contributed by atoms with Gasteiger partial charge in [0.15, 0.2) is 18.2 Å². The predicted molar refractivity (Wildman–Crippen MR) is 102 cm³/mol. The summed E-state index contributed by atoms with van der Waals surface area (Å²) in [7, 11) is 0. The fraction of sp³-hybridized carbons (Fsp3) is 0.333. The molecule has 1 fully saturated rings. The highest BCUT2D eigenvalue weighted by Crippen LogP contribution is 2.21. The van der Waals surface area contributed by atoms with E-state index in [0.717, 1.165) is 37.0 Å². The zero-order chi connectivity index (χ0) is 19.9. The van der Waals surface area contributed by atoms with Crippen molar-refractivity contribution in [3.8, 4) is 0 Å². The van der Waals surface area contributed by atoms with Crippen LogP contribution in [-0.2, 0) is 9.53 Å². The summed E-state index contributed by atoms with van der Waals surface area (Å²) in [5.41, 5.74) is 1.55. The van der Waals surface area contributed by atoms with Gasteiger partial charge in [0, 0.05) is 24.5 Å². The Bertz CT molecular complexity index is 832. The summed E-state index contributed by atoms with van der Waals surface area (Å²) in [5.74, 6) is -3.62. The maximum absolute atomic E-state index is 13.1. The molecule has 5 nitrogen and oxygen atoms in total. The zero-order valence-electron chi connectivity index (χ0n) is 15.4. The monoisotopic (exact) mass is 388 g/mol. The summed E-state index contributed by atoms with van der Waals surface area (Å²) < 4.78 is 30.9. The third-order valence-corrected chi connectivity index (χ3v) is 4.61. The molecule has 0 aliphatic carbocycles. The van der Waals surface area contributed by atoms with Gasteiger partial charge in [-0.3, -0.25) is 4.79 Å². The average molecular weight is 388 g/mol. The number of nitrogens with zero attached hydrogens (tertiary/aromatic N) is 1. The molecule has 1 amide bonds. The van der Waals surface area contributed by atoms with Gasteiger partial charge in [-0.05, 0) is 55.3 Å². The minimum absolute atomic E-state index is 0.159. The Hall–Kier alpha value is -2.96. The lowest BCUT2D eigenvalue weighted by Crippen LogP contribution is -2.24. The summed E-state index contributed by atoms with van der Waals surface area (Å²) in [6.45, 7) is 1.54. The lowest BCUT2D eigenvalue weighted by Gasteiger charge is -2.22. The van der Waals surface area contributed by atoms with Crippen LogP contribution in [0.5, 0.6) is 0 Å². The van der Waals surface area contributed by atoms with Gasteiger partial charge in [0.1, 0.15) is 0 Å². The van der Waals surface area contributed by atoms with Gasteiger partial charge in [-0.25, -0.2) is 13.6 Å². The number of benzene rings is 2. The second-order valence-electron chi connectivity index (χ2n) is 6.70. The van der Waals surface area contributed by atoms with Crippen LogP contribution in [-0.4, -0.2) is 31.6 Å². The quantitative estimate of drug-likeness (QED) is 0.782. The SMILES string of the molecule is O=C(COC(=O)c1ccc(F)c(F)c1)Nc1ccc(N2CCCCCC2)cc1. The van der Waals surface area contributed by atoms with Crippen molar-refractivity contribution in [1.82, 2.24) is 0 Å². The number of hydrogen-bond acceptors (Lipinski definition) is 4. The first-order chi connectivity index (χ1) is 13.5. The van der Waals surface area contributed by atoms with Gasteiger partial charge in [0.2, 0.25) is 0 Å². The molecule has 1 heterocycles. The molecule has 1 aliphatic heterocycles. The summed E-state index contributed by atoms with van der Waals surface area (Å²) in [6, 6.07) is 10.2. The largest absolute Gasteiger partial charge is 0.452 e. The molecule has 148 valence electrons. The summed E-state index contributed by atoms with van der Waals surface area (Å²) >= 11 is 0. The topological polar surface area (TPSA) is 58.6 Å². The van der Waals surface area contributed by atoms with E-state index in [2.05, 4.69) is 10.2 Å². The molecule has 0 saturated carbocycles. The Morgan fingerprint density at radius 1 is 0.929 bits per heavy atom. The second-order valence-corrected chi connectivity index (χ2v) is 6.70. The number of anilines is 2. The third kappa shape index (κ3) is 5.28. The minimum atomic E-state index is -1.15. The van der Waals surface area contributed by atoms with Crippen molar-refractivity contribution < 1.29 is 23.1 Å². The molecule has 28 heavy (non-hydrogen) atoms. The Labute approximate surface area is 162 Å². The van der Waals surface area contributed by atoms with Crippen molar-refractivity contribution in [1.29, 1.82) is 0 Å². The van der Waals surface area contributed by atoms with Crippen LogP contribution in [0.2, 0.25) is 0 Å². The number of hydrogen-bond donors (Lipinski definition) is 1. The number of carbonyl (C=O) groups excluding carboxylic acids is 2. The number of rotatable bonds is 5. The smallest absolute Gasteiger partial charge is 0.338 e. The second kappa shape index (κ2) is 9.30. The number of amides is 1. The molecule has 0 unspecified atom stereocenters. The molecule has 0 aromatic heterocycles. The maximum Gasteiger partial charge on any atom is 0.338 e.